The number of nitrogens with one attached hydrogen (secondary N) is 2. The molecule has 0 bridgehead atoms. The van der Waals surface area contributed by atoms with Crippen LogP contribution in [0.3, 0.4) is 0 Å². The fourth-order valence-corrected chi connectivity index (χ4v) is 2.84. The number of ether oxygens (including phenoxy) is 1. The summed E-state index contributed by atoms with van der Waals surface area (Å²) in [6.45, 7) is 0.151. The molecule has 8 nitrogen and oxygen atoms in total. The van der Waals surface area contributed by atoms with Crippen LogP contribution in [-0.2, 0) is 20.9 Å². The van der Waals surface area contributed by atoms with Gasteiger partial charge in [0, 0.05) is 5.69 Å². The molecule has 2 aromatic rings. The number of esters is 1. The predicted octanol–water partition coefficient (Wildman–Crippen LogP) is 1.92. The summed E-state index contributed by atoms with van der Waals surface area (Å²) in [6.07, 6.45) is -0.186. The number of carbonyl (C=O) groups is 4. The summed E-state index contributed by atoms with van der Waals surface area (Å²) >= 11 is 0. The fourth-order valence-electron chi connectivity index (χ4n) is 2.84. The van der Waals surface area contributed by atoms with Crippen LogP contribution in [-0.4, -0.2) is 41.9 Å². The predicted molar refractivity (Wildman–Crippen MR) is 100 cm³/mol. The van der Waals surface area contributed by atoms with Crippen LogP contribution in [0.25, 0.3) is 0 Å². The van der Waals surface area contributed by atoms with Gasteiger partial charge in [0.15, 0.2) is 0 Å². The summed E-state index contributed by atoms with van der Waals surface area (Å²) in [7, 11) is 1.28. The van der Waals surface area contributed by atoms with E-state index in [0.717, 1.165) is 10.5 Å². The molecule has 1 aliphatic rings. The Balaban J connectivity index is 1.57. The van der Waals surface area contributed by atoms with Crippen molar-refractivity contribution in [1.82, 2.24) is 10.2 Å². The lowest BCUT2D eigenvalue weighted by molar-refractivity contribution is -0.130. The maximum Gasteiger partial charge on any atom is 0.337 e. The number of methoxy groups -OCH3 is 1. The SMILES string of the molecule is COC(=O)c1ccc(NC(=O)CC2NC(=O)N(Cc3ccccc3)C2=O)cc1. The third kappa shape index (κ3) is 4.35. The molecular weight excluding hydrogens is 362 g/mol. The number of benzene rings is 2. The van der Waals surface area contributed by atoms with Gasteiger partial charge in [-0.05, 0) is 29.8 Å². The molecule has 0 aromatic heterocycles. The molecule has 28 heavy (non-hydrogen) atoms. The average molecular weight is 381 g/mol. The van der Waals surface area contributed by atoms with Gasteiger partial charge in [-0.15, -0.1) is 0 Å². The smallest absolute Gasteiger partial charge is 0.337 e. The number of urea groups is 1. The van der Waals surface area contributed by atoms with E-state index in [4.69, 9.17) is 0 Å². The minimum Gasteiger partial charge on any atom is -0.465 e. The zero-order chi connectivity index (χ0) is 20.1. The van der Waals surface area contributed by atoms with Crippen LogP contribution >= 0.6 is 0 Å². The minimum atomic E-state index is -0.912. The van der Waals surface area contributed by atoms with E-state index >= 15 is 0 Å². The van der Waals surface area contributed by atoms with Crippen molar-refractivity contribution in [3.05, 3.63) is 65.7 Å². The number of rotatable bonds is 6. The van der Waals surface area contributed by atoms with Gasteiger partial charge in [0.1, 0.15) is 6.04 Å². The molecule has 1 aliphatic heterocycles. The average Bonchev–Trinajstić information content (AvgIpc) is 2.96. The van der Waals surface area contributed by atoms with Crippen LogP contribution < -0.4 is 10.6 Å². The highest BCUT2D eigenvalue weighted by atomic mass is 16.5. The first-order valence-electron chi connectivity index (χ1n) is 8.62. The molecule has 2 N–H and O–H groups in total. The molecule has 1 heterocycles. The van der Waals surface area contributed by atoms with Gasteiger partial charge in [0.2, 0.25) is 5.91 Å². The molecule has 0 aliphatic carbocycles. The molecule has 144 valence electrons. The Morgan fingerprint density at radius 3 is 2.39 bits per heavy atom. The lowest BCUT2D eigenvalue weighted by atomic mass is 10.1. The van der Waals surface area contributed by atoms with Gasteiger partial charge in [-0.3, -0.25) is 14.5 Å². The maximum absolute atomic E-state index is 12.5. The molecule has 0 saturated carbocycles. The zero-order valence-electron chi connectivity index (χ0n) is 15.2. The number of hydrogen-bond donors (Lipinski definition) is 2. The van der Waals surface area contributed by atoms with E-state index in [-0.39, 0.29) is 13.0 Å². The highest BCUT2D eigenvalue weighted by Gasteiger charge is 2.38. The topological polar surface area (TPSA) is 105 Å². The summed E-state index contributed by atoms with van der Waals surface area (Å²) in [5.41, 5.74) is 1.65. The van der Waals surface area contributed by atoms with E-state index in [1.54, 1.807) is 12.1 Å². The van der Waals surface area contributed by atoms with Gasteiger partial charge < -0.3 is 15.4 Å². The largest absolute Gasteiger partial charge is 0.465 e. The normalized spacial score (nSPS) is 15.9. The number of nitrogens with zero attached hydrogens (tertiary/aromatic N) is 1. The quantitative estimate of drug-likeness (QED) is 0.588. The Labute approximate surface area is 161 Å². The standard InChI is InChI=1S/C20H19N3O5/c1-28-19(26)14-7-9-15(10-8-14)21-17(24)11-16-18(25)23(20(27)22-16)12-13-5-3-2-4-6-13/h2-10,16H,11-12H2,1H3,(H,21,24)(H,22,27). The second-order valence-electron chi connectivity index (χ2n) is 6.23. The Morgan fingerprint density at radius 2 is 1.75 bits per heavy atom. The van der Waals surface area contributed by atoms with Crippen LogP contribution in [0.5, 0.6) is 0 Å². The third-order valence-corrected chi connectivity index (χ3v) is 4.27. The second kappa shape index (κ2) is 8.34. The van der Waals surface area contributed by atoms with Gasteiger partial charge in [-0.25, -0.2) is 9.59 Å². The van der Waals surface area contributed by atoms with Gasteiger partial charge in [-0.1, -0.05) is 30.3 Å². The van der Waals surface area contributed by atoms with E-state index in [9.17, 15) is 19.2 Å². The molecule has 2 aromatic carbocycles. The van der Waals surface area contributed by atoms with Gasteiger partial charge >= 0.3 is 12.0 Å². The number of imide groups is 1. The van der Waals surface area contributed by atoms with E-state index in [1.165, 1.54) is 19.2 Å². The Hall–Kier alpha value is -3.68. The Morgan fingerprint density at radius 1 is 1.07 bits per heavy atom. The summed E-state index contributed by atoms with van der Waals surface area (Å²) in [4.78, 5) is 49.3. The van der Waals surface area contributed by atoms with E-state index in [1.807, 2.05) is 30.3 Å². The number of amides is 4. The second-order valence-corrected chi connectivity index (χ2v) is 6.23. The molecule has 1 unspecified atom stereocenters. The lowest BCUT2D eigenvalue weighted by Crippen LogP contribution is -2.34. The fraction of sp³-hybridized carbons (Fsp3) is 0.200. The summed E-state index contributed by atoms with van der Waals surface area (Å²) in [5.74, 6) is -1.34. The summed E-state index contributed by atoms with van der Waals surface area (Å²) in [5, 5.41) is 5.18. The molecule has 4 amide bonds. The molecule has 1 saturated heterocycles. The van der Waals surface area contributed by atoms with Crippen molar-refractivity contribution in [3.63, 3.8) is 0 Å². The van der Waals surface area contributed by atoms with Crippen molar-refractivity contribution in [2.75, 3.05) is 12.4 Å². The third-order valence-electron chi connectivity index (χ3n) is 4.27. The van der Waals surface area contributed by atoms with Crippen LogP contribution in [0.2, 0.25) is 0 Å². The molecule has 8 heteroatoms. The molecule has 0 spiro atoms. The first kappa shape index (κ1) is 19.1. The first-order valence-corrected chi connectivity index (χ1v) is 8.62. The van der Waals surface area contributed by atoms with Gasteiger partial charge in [0.25, 0.3) is 5.91 Å². The number of hydrogen-bond acceptors (Lipinski definition) is 5. The van der Waals surface area contributed by atoms with Crippen LogP contribution in [0, 0.1) is 0 Å². The molecule has 0 radical (unpaired) electrons. The molecule has 3 rings (SSSR count). The zero-order valence-corrected chi connectivity index (χ0v) is 15.2. The van der Waals surface area contributed by atoms with Crippen molar-refractivity contribution in [2.45, 2.75) is 19.0 Å². The first-order chi connectivity index (χ1) is 13.5. The monoisotopic (exact) mass is 381 g/mol. The van der Waals surface area contributed by atoms with Crippen molar-refractivity contribution in [1.29, 1.82) is 0 Å². The van der Waals surface area contributed by atoms with Crippen molar-refractivity contribution in [3.8, 4) is 0 Å². The van der Waals surface area contributed by atoms with E-state index in [2.05, 4.69) is 15.4 Å². The maximum atomic E-state index is 12.5. The minimum absolute atomic E-state index is 0.151. The van der Waals surface area contributed by atoms with Crippen LogP contribution in [0.4, 0.5) is 10.5 Å². The summed E-state index contributed by atoms with van der Waals surface area (Å²) in [6, 6.07) is 13.9. The highest BCUT2D eigenvalue weighted by molar-refractivity contribution is 6.06. The number of anilines is 1. The lowest BCUT2D eigenvalue weighted by Gasteiger charge is -2.13. The highest BCUT2D eigenvalue weighted by Crippen LogP contribution is 2.16. The van der Waals surface area contributed by atoms with Crippen molar-refractivity contribution < 1.29 is 23.9 Å². The van der Waals surface area contributed by atoms with Crippen molar-refractivity contribution in [2.24, 2.45) is 0 Å². The van der Waals surface area contributed by atoms with Gasteiger partial charge in [0.05, 0.1) is 25.6 Å². The number of carbonyl (C=O) groups excluding carboxylic acids is 4. The molecule has 1 fully saturated rings. The molecular formula is C20H19N3O5. The van der Waals surface area contributed by atoms with E-state index < -0.39 is 29.9 Å². The van der Waals surface area contributed by atoms with Gasteiger partial charge in [-0.2, -0.15) is 0 Å². The molecule has 1 atom stereocenters. The van der Waals surface area contributed by atoms with Crippen molar-refractivity contribution >= 4 is 29.5 Å². The van der Waals surface area contributed by atoms with E-state index in [0.29, 0.717) is 11.3 Å². The van der Waals surface area contributed by atoms with Crippen LogP contribution in [0.1, 0.15) is 22.3 Å². The Bertz CT molecular complexity index is 896. The summed E-state index contributed by atoms with van der Waals surface area (Å²) < 4.78 is 4.61. The Kier molecular flexibility index (Phi) is 5.69. The van der Waals surface area contributed by atoms with Crippen LogP contribution in [0.15, 0.2) is 54.6 Å².